The topological polar surface area (TPSA) is 24.9 Å². The van der Waals surface area contributed by atoms with Gasteiger partial charge in [-0.15, -0.1) is 11.3 Å². The minimum Gasteiger partial charge on any atom is -0.308 e. The lowest BCUT2D eigenvalue weighted by molar-refractivity contribution is 0.644. The average Bonchev–Trinajstić information content (AvgIpc) is 2.86. The predicted octanol–water partition coefficient (Wildman–Crippen LogP) is 3.37. The second-order valence-electron chi connectivity index (χ2n) is 3.79. The van der Waals surface area contributed by atoms with Gasteiger partial charge in [0.15, 0.2) is 0 Å². The molecule has 3 rings (SSSR count). The van der Waals surface area contributed by atoms with E-state index < -0.39 is 0 Å². The minimum atomic E-state index is 0.443. The quantitative estimate of drug-likeness (QED) is 0.824. The van der Waals surface area contributed by atoms with E-state index in [1.54, 1.807) is 11.3 Å². The molecule has 1 aliphatic rings. The van der Waals surface area contributed by atoms with Crippen molar-refractivity contribution < 1.29 is 0 Å². The molecule has 1 aromatic carbocycles. The molecule has 2 heterocycles. The molecule has 4 heteroatoms. The fourth-order valence-electron chi connectivity index (χ4n) is 1.98. The molecule has 78 valence electrons. The van der Waals surface area contributed by atoms with Crippen LogP contribution in [0.5, 0.6) is 0 Å². The Hall–Kier alpha value is -0.640. The summed E-state index contributed by atoms with van der Waals surface area (Å²) in [5.74, 6) is 0. The molecule has 0 radical (unpaired) electrons. The molecule has 1 atom stereocenters. The minimum absolute atomic E-state index is 0.443. The van der Waals surface area contributed by atoms with Crippen LogP contribution in [-0.4, -0.2) is 11.5 Å². The summed E-state index contributed by atoms with van der Waals surface area (Å²) in [6.45, 7) is 1.11. The Morgan fingerprint density at radius 1 is 1.47 bits per heavy atom. The molecule has 0 amide bonds. The number of nitrogens with one attached hydrogen (secondary N) is 1. The Bertz CT molecular complexity index is 488. The predicted molar refractivity (Wildman–Crippen MR) is 64.6 cm³/mol. The summed E-state index contributed by atoms with van der Waals surface area (Å²) in [4.78, 5) is 4.63. The molecule has 0 spiro atoms. The second kappa shape index (κ2) is 3.74. The van der Waals surface area contributed by atoms with Crippen LogP contribution >= 0.6 is 22.9 Å². The van der Waals surface area contributed by atoms with Crippen molar-refractivity contribution in [2.75, 3.05) is 6.54 Å². The van der Waals surface area contributed by atoms with Crippen LogP contribution in [-0.2, 0) is 0 Å². The van der Waals surface area contributed by atoms with Crippen LogP contribution in [0.3, 0.4) is 0 Å². The van der Waals surface area contributed by atoms with Crippen molar-refractivity contribution in [2.24, 2.45) is 0 Å². The fourth-order valence-corrected chi connectivity index (χ4v) is 3.34. The Labute approximate surface area is 97.3 Å². The molecule has 1 unspecified atom stereocenters. The number of fused-ring (bicyclic) bond motifs is 1. The van der Waals surface area contributed by atoms with Gasteiger partial charge in [-0.3, -0.25) is 0 Å². The van der Waals surface area contributed by atoms with Crippen LogP contribution in [0.4, 0.5) is 0 Å². The van der Waals surface area contributed by atoms with Crippen LogP contribution in [0, 0.1) is 0 Å². The Morgan fingerprint density at radius 2 is 2.40 bits per heavy atom. The highest BCUT2D eigenvalue weighted by atomic mass is 35.5. The number of halogens is 1. The first-order valence-corrected chi connectivity index (χ1v) is 6.32. The van der Waals surface area contributed by atoms with Gasteiger partial charge in [-0.2, -0.15) is 0 Å². The number of nitrogens with zero attached hydrogens (tertiary/aromatic N) is 1. The first kappa shape index (κ1) is 9.58. The SMILES string of the molecule is Clc1cccc2nc(C3CCCN3)sc12. The maximum Gasteiger partial charge on any atom is 0.111 e. The van der Waals surface area contributed by atoms with Crippen LogP contribution in [0.15, 0.2) is 18.2 Å². The monoisotopic (exact) mass is 238 g/mol. The van der Waals surface area contributed by atoms with Gasteiger partial charge in [0.1, 0.15) is 5.01 Å². The zero-order chi connectivity index (χ0) is 10.3. The van der Waals surface area contributed by atoms with Crippen molar-refractivity contribution >= 4 is 33.2 Å². The number of benzene rings is 1. The van der Waals surface area contributed by atoms with Crippen LogP contribution < -0.4 is 5.32 Å². The van der Waals surface area contributed by atoms with E-state index in [2.05, 4.69) is 10.3 Å². The van der Waals surface area contributed by atoms with Crippen LogP contribution in [0.1, 0.15) is 23.9 Å². The maximum atomic E-state index is 6.13. The van der Waals surface area contributed by atoms with Gasteiger partial charge in [0.25, 0.3) is 0 Å². The number of hydrogen-bond acceptors (Lipinski definition) is 3. The second-order valence-corrected chi connectivity index (χ2v) is 5.23. The lowest BCUT2D eigenvalue weighted by Crippen LogP contribution is -2.12. The first-order chi connectivity index (χ1) is 7.34. The molecule has 1 aromatic heterocycles. The lowest BCUT2D eigenvalue weighted by Gasteiger charge is -2.03. The Balaban J connectivity index is 2.09. The van der Waals surface area contributed by atoms with E-state index in [1.165, 1.54) is 17.8 Å². The Kier molecular flexibility index (Phi) is 2.39. The van der Waals surface area contributed by atoms with E-state index in [0.29, 0.717) is 6.04 Å². The summed E-state index contributed by atoms with van der Waals surface area (Å²) in [6, 6.07) is 6.35. The lowest BCUT2D eigenvalue weighted by atomic mass is 10.2. The van der Waals surface area contributed by atoms with Gasteiger partial charge in [0.2, 0.25) is 0 Å². The van der Waals surface area contributed by atoms with Crippen molar-refractivity contribution in [1.29, 1.82) is 0 Å². The number of aromatic nitrogens is 1. The molecule has 15 heavy (non-hydrogen) atoms. The van der Waals surface area contributed by atoms with E-state index in [0.717, 1.165) is 21.8 Å². The van der Waals surface area contributed by atoms with Gasteiger partial charge in [-0.1, -0.05) is 17.7 Å². The first-order valence-electron chi connectivity index (χ1n) is 5.13. The summed E-state index contributed by atoms with van der Waals surface area (Å²) >= 11 is 7.84. The summed E-state index contributed by atoms with van der Waals surface area (Å²) < 4.78 is 1.11. The van der Waals surface area contributed by atoms with Crippen molar-refractivity contribution in [1.82, 2.24) is 10.3 Å². The van der Waals surface area contributed by atoms with Crippen molar-refractivity contribution in [3.05, 3.63) is 28.2 Å². The molecule has 1 aliphatic heterocycles. The molecule has 0 bridgehead atoms. The highest BCUT2D eigenvalue weighted by molar-refractivity contribution is 7.19. The molecular formula is C11H11ClN2S. The summed E-state index contributed by atoms with van der Waals surface area (Å²) in [6.07, 6.45) is 2.44. The molecule has 1 fully saturated rings. The molecule has 1 saturated heterocycles. The number of hydrogen-bond donors (Lipinski definition) is 1. The number of thiazole rings is 1. The van der Waals surface area contributed by atoms with E-state index in [4.69, 9.17) is 11.6 Å². The standard InChI is InChI=1S/C11H11ClN2S/c12-7-3-1-4-8-10(7)15-11(14-8)9-5-2-6-13-9/h1,3-4,9,13H,2,5-6H2. The van der Waals surface area contributed by atoms with E-state index in [-0.39, 0.29) is 0 Å². The fraction of sp³-hybridized carbons (Fsp3) is 0.364. The smallest absolute Gasteiger partial charge is 0.111 e. The number of rotatable bonds is 1. The van der Waals surface area contributed by atoms with Gasteiger partial charge < -0.3 is 5.32 Å². The third-order valence-corrected chi connectivity index (χ3v) is 4.39. The van der Waals surface area contributed by atoms with Gasteiger partial charge in [0, 0.05) is 0 Å². The molecule has 0 aliphatic carbocycles. The molecular weight excluding hydrogens is 228 g/mol. The zero-order valence-corrected chi connectivity index (χ0v) is 9.74. The van der Waals surface area contributed by atoms with Crippen molar-refractivity contribution in [3.63, 3.8) is 0 Å². The van der Waals surface area contributed by atoms with Crippen molar-refractivity contribution in [2.45, 2.75) is 18.9 Å². The highest BCUT2D eigenvalue weighted by Gasteiger charge is 2.20. The summed E-state index contributed by atoms with van der Waals surface area (Å²) in [5, 5.41) is 5.45. The van der Waals surface area contributed by atoms with Crippen molar-refractivity contribution in [3.8, 4) is 0 Å². The van der Waals surface area contributed by atoms with Crippen LogP contribution in [0.2, 0.25) is 5.02 Å². The van der Waals surface area contributed by atoms with Gasteiger partial charge in [-0.05, 0) is 31.5 Å². The van der Waals surface area contributed by atoms with Gasteiger partial charge >= 0.3 is 0 Å². The molecule has 1 N–H and O–H groups in total. The third kappa shape index (κ3) is 1.65. The average molecular weight is 239 g/mol. The summed E-state index contributed by atoms with van der Waals surface area (Å²) in [7, 11) is 0. The van der Waals surface area contributed by atoms with Crippen LogP contribution in [0.25, 0.3) is 10.2 Å². The zero-order valence-electron chi connectivity index (χ0n) is 8.16. The largest absolute Gasteiger partial charge is 0.308 e. The molecule has 0 saturated carbocycles. The van der Waals surface area contributed by atoms with E-state index in [9.17, 15) is 0 Å². The summed E-state index contributed by atoms with van der Waals surface area (Å²) in [5.41, 5.74) is 1.02. The molecule has 2 nitrogen and oxygen atoms in total. The normalized spacial score (nSPS) is 21.3. The van der Waals surface area contributed by atoms with E-state index in [1.807, 2.05) is 18.2 Å². The van der Waals surface area contributed by atoms with E-state index >= 15 is 0 Å². The maximum absolute atomic E-state index is 6.13. The third-order valence-electron chi connectivity index (χ3n) is 2.74. The Morgan fingerprint density at radius 3 is 3.13 bits per heavy atom. The van der Waals surface area contributed by atoms with Gasteiger partial charge in [0.05, 0.1) is 21.3 Å². The molecule has 2 aromatic rings. The highest BCUT2D eigenvalue weighted by Crippen LogP contribution is 2.34. The van der Waals surface area contributed by atoms with Gasteiger partial charge in [-0.25, -0.2) is 4.98 Å².